The largest absolute Gasteiger partial charge is 0.342 e. The molecule has 1 fully saturated rings. The fourth-order valence-electron chi connectivity index (χ4n) is 2.86. The molecule has 0 unspecified atom stereocenters. The lowest BCUT2D eigenvalue weighted by Crippen LogP contribution is -2.37. The van der Waals surface area contributed by atoms with Gasteiger partial charge in [-0.2, -0.15) is 0 Å². The van der Waals surface area contributed by atoms with Crippen LogP contribution in [0.15, 0.2) is 37.1 Å². The maximum Gasteiger partial charge on any atom is 0.245 e. The molecule has 3 rings (SSSR count). The Hall–Kier alpha value is -2.50. The summed E-state index contributed by atoms with van der Waals surface area (Å²) in [5.74, 6) is -0.758. The average Bonchev–Trinajstić information content (AvgIpc) is 3.07. The topological polar surface area (TPSA) is 49.0 Å². The van der Waals surface area contributed by atoms with E-state index in [-0.39, 0.29) is 11.8 Å². The van der Waals surface area contributed by atoms with E-state index >= 15 is 0 Å². The van der Waals surface area contributed by atoms with E-state index < -0.39 is 11.6 Å². The van der Waals surface area contributed by atoms with Crippen LogP contribution in [-0.4, -0.2) is 33.9 Å². The second kappa shape index (κ2) is 6.32. The molecule has 0 saturated carbocycles. The molecule has 4 nitrogen and oxygen atoms in total. The van der Waals surface area contributed by atoms with E-state index in [0.29, 0.717) is 24.3 Å². The van der Waals surface area contributed by atoms with Gasteiger partial charge >= 0.3 is 0 Å². The van der Waals surface area contributed by atoms with Crippen molar-refractivity contribution in [3.8, 4) is 11.3 Å². The molecule has 0 radical (unpaired) electrons. The normalized spacial score (nSPS) is 15.7. The SMILES string of the molecule is C=CC(=O)N1CCC(c2ncc(-c3ccc(F)c(F)c3)[nH]2)CC1. The summed E-state index contributed by atoms with van der Waals surface area (Å²) in [5, 5.41) is 0. The molecule has 1 N–H and O–H groups in total. The number of hydrogen-bond acceptors (Lipinski definition) is 2. The molecule has 0 atom stereocenters. The molecule has 6 heteroatoms. The predicted molar refractivity (Wildman–Crippen MR) is 82.7 cm³/mol. The molecular weight excluding hydrogens is 300 g/mol. The van der Waals surface area contributed by atoms with Crippen LogP contribution in [0.4, 0.5) is 8.78 Å². The number of imidazole rings is 1. The molecule has 1 aliphatic heterocycles. The highest BCUT2D eigenvalue weighted by molar-refractivity contribution is 5.87. The standard InChI is InChI=1S/C17H17F2N3O/c1-2-16(23)22-7-5-11(6-8-22)17-20-10-15(21-17)12-3-4-13(18)14(19)9-12/h2-4,9-11H,1,5-8H2,(H,20,21). The Morgan fingerprint density at radius 1 is 1.30 bits per heavy atom. The summed E-state index contributed by atoms with van der Waals surface area (Å²) in [6, 6.07) is 3.77. The van der Waals surface area contributed by atoms with Gasteiger partial charge in [0.25, 0.3) is 0 Å². The lowest BCUT2D eigenvalue weighted by atomic mass is 9.96. The molecule has 23 heavy (non-hydrogen) atoms. The number of nitrogens with one attached hydrogen (secondary N) is 1. The molecular formula is C17H17F2N3O. The summed E-state index contributed by atoms with van der Waals surface area (Å²) in [7, 11) is 0. The van der Waals surface area contributed by atoms with Crippen molar-refractivity contribution in [2.24, 2.45) is 0 Å². The van der Waals surface area contributed by atoms with Gasteiger partial charge in [-0.1, -0.05) is 6.58 Å². The molecule has 0 bridgehead atoms. The van der Waals surface area contributed by atoms with Gasteiger partial charge in [0.1, 0.15) is 5.82 Å². The zero-order valence-corrected chi connectivity index (χ0v) is 12.6. The third-order valence-electron chi connectivity index (χ3n) is 4.19. The van der Waals surface area contributed by atoms with E-state index in [1.807, 2.05) is 0 Å². The number of carbonyl (C=O) groups is 1. The quantitative estimate of drug-likeness (QED) is 0.884. The third-order valence-corrected chi connectivity index (χ3v) is 4.19. The van der Waals surface area contributed by atoms with Gasteiger partial charge in [0, 0.05) is 24.6 Å². The van der Waals surface area contributed by atoms with Gasteiger partial charge in [-0.15, -0.1) is 0 Å². The monoisotopic (exact) mass is 317 g/mol. The Morgan fingerprint density at radius 3 is 2.70 bits per heavy atom. The van der Waals surface area contributed by atoms with Crippen molar-refractivity contribution in [2.75, 3.05) is 13.1 Å². The lowest BCUT2D eigenvalue weighted by Gasteiger charge is -2.30. The van der Waals surface area contributed by atoms with Crippen molar-refractivity contribution in [1.82, 2.24) is 14.9 Å². The van der Waals surface area contributed by atoms with Crippen molar-refractivity contribution < 1.29 is 13.6 Å². The number of carbonyl (C=O) groups excluding carboxylic acids is 1. The predicted octanol–water partition coefficient (Wildman–Crippen LogP) is 3.25. The summed E-state index contributed by atoms with van der Waals surface area (Å²) in [6.45, 7) is 4.82. The highest BCUT2D eigenvalue weighted by atomic mass is 19.2. The van der Waals surface area contributed by atoms with Crippen LogP contribution in [0.1, 0.15) is 24.6 Å². The average molecular weight is 317 g/mol. The number of piperidine rings is 1. The first-order valence-electron chi connectivity index (χ1n) is 7.50. The summed E-state index contributed by atoms with van der Waals surface area (Å²) in [5.41, 5.74) is 1.21. The van der Waals surface area contributed by atoms with E-state index in [4.69, 9.17) is 0 Å². The number of likely N-dealkylation sites (tertiary alicyclic amines) is 1. The summed E-state index contributed by atoms with van der Waals surface area (Å²) in [6.07, 6.45) is 4.58. The molecule has 1 aromatic heterocycles. The Balaban J connectivity index is 1.71. The van der Waals surface area contributed by atoms with Crippen LogP contribution >= 0.6 is 0 Å². The molecule has 2 heterocycles. The summed E-state index contributed by atoms with van der Waals surface area (Å²) >= 11 is 0. The highest BCUT2D eigenvalue weighted by Gasteiger charge is 2.24. The molecule has 1 saturated heterocycles. The summed E-state index contributed by atoms with van der Waals surface area (Å²) < 4.78 is 26.3. The van der Waals surface area contributed by atoms with E-state index in [1.165, 1.54) is 12.1 Å². The fraction of sp³-hybridized carbons (Fsp3) is 0.294. The molecule has 2 aromatic rings. The van der Waals surface area contributed by atoms with Crippen molar-refractivity contribution in [3.63, 3.8) is 0 Å². The van der Waals surface area contributed by atoms with Crippen LogP contribution in [0.25, 0.3) is 11.3 Å². The van der Waals surface area contributed by atoms with Gasteiger partial charge < -0.3 is 9.88 Å². The Morgan fingerprint density at radius 2 is 2.04 bits per heavy atom. The van der Waals surface area contributed by atoms with Crippen LogP contribution in [0.3, 0.4) is 0 Å². The molecule has 1 aliphatic rings. The van der Waals surface area contributed by atoms with E-state index in [0.717, 1.165) is 30.8 Å². The van der Waals surface area contributed by atoms with Crippen LogP contribution in [-0.2, 0) is 4.79 Å². The number of rotatable bonds is 3. The van der Waals surface area contributed by atoms with Crippen LogP contribution in [0.5, 0.6) is 0 Å². The van der Waals surface area contributed by atoms with Crippen molar-refractivity contribution >= 4 is 5.91 Å². The molecule has 120 valence electrons. The second-order valence-electron chi connectivity index (χ2n) is 5.61. The first-order chi connectivity index (χ1) is 11.1. The minimum atomic E-state index is -0.880. The Bertz CT molecular complexity index is 733. The third kappa shape index (κ3) is 3.16. The molecule has 0 spiro atoms. The minimum Gasteiger partial charge on any atom is -0.342 e. The molecule has 1 amide bonds. The number of aromatic nitrogens is 2. The number of halogens is 2. The number of nitrogens with zero attached hydrogens (tertiary/aromatic N) is 2. The zero-order valence-electron chi connectivity index (χ0n) is 12.6. The lowest BCUT2D eigenvalue weighted by molar-refractivity contribution is -0.127. The molecule has 0 aliphatic carbocycles. The summed E-state index contributed by atoms with van der Waals surface area (Å²) in [4.78, 5) is 20.9. The van der Waals surface area contributed by atoms with E-state index in [9.17, 15) is 13.6 Å². The minimum absolute atomic E-state index is 0.0506. The maximum absolute atomic E-state index is 13.3. The number of H-pyrrole nitrogens is 1. The van der Waals surface area contributed by atoms with E-state index in [1.54, 1.807) is 11.1 Å². The van der Waals surface area contributed by atoms with Crippen molar-refractivity contribution in [2.45, 2.75) is 18.8 Å². The van der Waals surface area contributed by atoms with Gasteiger partial charge in [-0.05, 0) is 37.1 Å². The van der Waals surface area contributed by atoms with Gasteiger partial charge in [-0.3, -0.25) is 4.79 Å². The fourth-order valence-corrected chi connectivity index (χ4v) is 2.86. The number of aromatic amines is 1. The second-order valence-corrected chi connectivity index (χ2v) is 5.61. The first-order valence-corrected chi connectivity index (χ1v) is 7.50. The highest BCUT2D eigenvalue weighted by Crippen LogP contribution is 2.28. The van der Waals surface area contributed by atoms with Gasteiger partial charge in [0.05, 0.1) is 11.9 Å². The van der Waals surface area contributed by atoms with Crippen molar-refractivity contribution in [1.29, 1.82) is 0 Å². The first kappa shape index (κ1) is 15.4. The smallest absolute Gasteiger partial charge is 0.245 e. The molecule has 1 aromatic carbocycles. The number of hydrogen-bond donors (Lipinski definition) is 1. The van der Waals surface area contributed by atoms with E-state index in [2.05, 4.69) is 16.5 Å². The van der Waals surface area contributed by atoms with Crippen molar-refractivity contribution in [3.05, 3.63) is 54.5 Å². The van der Waals surface area contributed by atoms with Crippen LogP contribution in [0.2, 0.25) is 0 Å². The van der Waals surface area contributed by atoms with Gasteiger partial charge in [-0.25, -0.2) is 13.8 Å². The van der Waals surface area contributed by atoms with Gasteiger partial charge in [0.2, 0.25) is 5.91 Å². The zero-order chi connectivity index (χ0) is 16.4. The van der Waals surface area contributed by atoms with Crippen LogP contribution in [0, 0.1) is 11.6 Å². The van der Waals surface area contributed by atoms with Crippen LogP contribution < -0.4 is 0 Å². The Labute approximate surface area is 132 Å². The number of benzene rings is 1. The maximum atomic E-state index is 13.3. The van der Waals surface area contributed by atoms with Gasteiger partial charge in [0.15, 0.2) is 11.6 Å². The Kier molecular flexibility index (Phi) is 4.23. The number of amides is 1.